The van der Waals surface area contributed by atoms with Crippen LogP contribution in [0.2, 0.25) is 0 Å². The normalized spacial score (nSPS) is 14.3. The van der Waals surface area contributed by atoms with Crippen molar-refractivity contribution in [1.82, 2.24) is 15.0 Å². The van der Waals surface area contributed by atoms with E-state index in [1.165, 1.54) is 12.1 Å². The fourth-order valence-corrected chi connectivity index (χ4v) is 2.48. The van der Waals surface area contributed by atoms with Crippen LogP contribution in [0.25, 0.3) is 11.4 Å². The van der Waals surface area contributed by atoms with Crippen molar-refractivity contribution in [2.24, 2.45) is 5.92 Å². The molecule has 6 heteroatoms. The SMILES string of the molecule is CC(C)N(CCc1nc(-c2ccc(F)cc2)no1)C(=O)C1CC1. The molecule has 0 spiro atoms. The predicted octanol–water partition coefficient (Wildman–Crippen LogP) is 3.07. The molecule has 23 heavy (non-hydrogen) atoms. The van der Waals surface area contributed by atoms with Crippen LogP contribution in [0, 0.1) is 11.7 Å². The molecule has 5 nitrogen and oxygen atoms in total. The first-order chi connectivity index (χ1) is 11.0. The van der Waals surface area contributed by atoms with Crippen LogP contribution < -0.4 is 0 Å². The number of nitrogens with zero attached hydrogens (tertiary/aromatic N) is 3. The molecule has 122 valence electrons. The van der Waals surface area contributed by atoms with Crippen LogP contribution in [-0.4, -0.2) is 33.5 Å². The molecular weight excluding hydrogens is 297 g/mol. The van der Waals surface area contributed by atoms with Crippen molar-refractivity contribution in [3.05, 3.63) is 36.0 Å². The summed E-state index contributed by atoms with van der Waals surface area (Å²) in [5, 5.41) is 3.92. The van der Waals surface area contributed by atoms with Crippen molar-refractivity contribution in [2.45, 2.75) is 39.2 Å². The number of hydrogen-bond acceptors (Lipinski definition) is 4. The van der Waals surface area contributed by atoms with Crippen molar-refractivity contribution in [3.8, 4) is 11.4 Å². The highest BCUT2D eigenvalue weighted by Gasteiger charge is 2.34. The van der Waals surface area contributed by atoms with Gasteiger partial charge in [0.15, 0.2) is 0 Å². The second kappa shape index (κ2) is 6.48. The zero-order chi connectivity index (χ0) is 16.4. The average molecular weight is 317 g/mol. The molecule has 0 unspecified atom stereocenters. The Bertz CT molecular complexity index is 677. The van der Waals surface area contributed by atoms with E-state index in [9.17, 15) is 9.18 Å². The van der Waals surface area contributed by atoms with Crippen molar-refractivity contribution in [2.75, 3.05) is 6.54 Å². The summed E-state index contributed by atoms with van der Waals surface area (Å²) in [6.07, 6.45) is 2.51. The van der Waals surface area contributed by atoms with E-state index in [1.807, 2.05) is 18.7 Å². The third kappa shape index (κ3) is 3.75. The van der Waals surface area contributed by atoms with Gasteiger partial charge in [-0.05, 0) is 51.0 Å². The Balaban J connectivity index is 1.64. The Hall–Kier alpha value is -2.24. The number of amides is 1. The Morgan fingerprint density at radius 1 is 1.35 bits per heavy atom. The molecule has 1 saturated carbocycles. The van der Waals surface area contributed by atoms with Gasteiger partial charge in [0.25, 0.3) is 0 Å². The van der Waals surface area contributed by atoms with Gasteiger partial charge in [-0.15, -0.1) is 0 Å². The number of carbonyl (C=O) groups excluding carboxylic acids is 1. The Kier molecular flexibility index (Phi) is 4.41. The van der Waals surface area contributed by atoms with E-state index in [0.29, 0.717) is 30.2 Å². The maximum Gasteiger partial charge on any atom is 0.228 e. The van der Waals surface area contributed by atoms with Crippen LogP contribution in [0.4, 0.5) is 4.39 Å². The summed E-state index contributed by atoms with van der Waals surface area (Å²) in [7, 11) is 0. The second-order valence-corrected chi connectivity index (χ2v) is 6.17. The maximum atomic E-state index is 12.9. The summed E-state index contributed by atoms with van der Waals surface area (Å²) in [6, 6.07) is 6.10. The van der Waals surface area contributed by atoms with Gasteiger partial charge in [0.2, 0.25) is 17.6 Å². The Morgan fingerprint density at radius 2 is 2.04 bits per heavy atom. The van der Waals surface area contributed by atoms with Crippen molar-refractivity contribution in [1.29, 1.82) is 0 Å². The third-order valence-electron chi connectivity index (χ3n) is 3.97. The molecule has 1 amide bonds. The van der Waals surface area contributed by atoms with Crippen LogP contribution in [-0.2, 0) is 11.2 Å². The molecule has 0 saturated heterocycles. The number of hydrogen-bond donors (Lipinski definition) is 0. The van der Waals surface area contributed by atoms with Crippen LogP contribution >= 0.6 is 0 Å². The lowest BCUT2D eigenvalue weighted by Crippen LogP contribution is -2.39. The largest absolute Gasteiger partial charge is 0.340 e. The van der Waals surface area contributed by atoms with E-state index in [-0.39, 0.29) is 23.7 Å². The zero-order valence-electron chi connectivity index (χ0n) is 13.3. The van der Waals surface area contributed by atoms with Gasteiger partial charge in [0.1, 0.15) is 5.82 Å². The van der Waals surface area contributed by atoms with Crippen molar-refractivity contribution in [3.63, 3.8) is 0 Å². The van der Waals surface area contributed by atoms with Crippen LogP contribution in [0.1, 0.15) is 32.6 Å². The highest BCUT2D eigenvalue weighted by molar-refractivity contribution is 5.81. The summed E-state index contributed by atoms with van der Waals surface area (Å²) in [6.45, 7) is 4.59. The Labute approximate surface area is 134 Å². The van der Waals surface area contributed by atoms with Gasteiger partial charge in [-0.2, -0.15) is 4.98 Å². The van der Waals surface area contributed by atoms with Gasteiger partial charge in [0.05, 0.1) is 0 Å². The number of aromatic nitrogens is 2. The molecule has 3 rings (SSSR count). The first-order valence-electron chi connectivity index (χ1n) is 7.93. The standard InChI is InChI=1S/C17H20FN3O2/c1-11(2)21(17(22)13-3-4-13)10-9-15-19-16(20-23-15)12-5-7-14(18)8-6-12/h5-8,11,13H,3-4,9-10H2,1-2H3. The number of benzene rings is 1. The summed E-state index contributed by atoms with van der Waals surface area (Å²) in [5.41, 5.74) is 0.705. The van der Waals surface area contributed by atoms with Gasteiger partial charge in [-0.1, -0.05) is 5.16 Å². The van der Waals surface area contributed by atoms with Crippen molar-refractivity contribution < 1.29 is 13.7 Å². The first kappa shape index (κ1) is 15.6. The molecular formula is C17H20FN3O2. The first-order valence-corrected chi connectivity index (χ1v) is 7.93. The van der Waals surface area contributed by atoms with Gasteiger partial charge in [0, 0.05) is 30.5 Å². The van der Waals surface area contributed by atoms with Gasteiger partial charge in [-0.3, -0.25) is 4.79 Å². The van der Waals surface area contributed by atoms with Crippen LogP contribution in [0.3, 0.4) is 0 Å². The molecule has 0 radical (unpaired) electrons. The van der Waals surface area contributed by atoms with Gasteiger partial charge < -0.3 is 9.42 Å². The highest BCUT2D eigenvalue weighted by atomic mass is 19.1. The molecule has 1 aromatic heterocycles. The minimum absolute atomic E-state index is 0.155. The summed E-state index contributed by atoms with van der Waals surface area (Å²) in [4.78, 5) is 18.4. The van der Waals surface area contributed by atoms with Gasteiger partial charge in [-0.25, -0.2) is 4.39 Å². The van der Waals surface area contributed by atoms with E-state index >= 15 is 0 Å². The van der Waals surface area contributed by atoms with Crippen molar-refractivity contribution >= 4 is 5.91 Å². The van der Waals surface area contributed by atoms with E-state index in [1.54, 1.807) is 12.1 Å². The summed E-state index contributed by atoms with van der Waals surface area (Å²) < 4.78 is 18.2. The molecule has 2 aromatic rings. The monoisotopic (exact) mass is 317 g/mol. The molecule has 0 N–H and O–H groups in total. The fraction of sp³-hybridized carbons (Fsp3) is 0.471. The lowest BCUT2D eigenvalue weighted by molar-refractivity contribution is -0.134. The molecule has 0 atom stereocenters. The molecule has 0 bridgehead atoms. The second-order valence-electron chi connectivity index (χ2n) is 6.17. The average Bonchev–Trinajstić information content (AvgIpc) is 3.27. The fourth-order valence-electron chi connectivity index (χ4n) is 2.48. The molecule has 1 aromatic carbocycles. The van der Waals surface area contributed by atoms with Crippen LogP contribution in [0.5, 0.6) is 0 Å². The van der Waals surface area contributed by atoms with E-state index in [2.05, 4.69) is 10.1 Å². The number of rotatable bonds is 6. The van der Waals surface area contributed by atoms with Crippen LogP contribution in [0.15, 0.2) is 28.8 Å². The molecule has 0 aliphatic heterocycles. The Morgan fingerprint density at radius 3 is 2.65 bits per heavy atom. The summed E-state index contributed by atoms with van der Waals surface area (Å²) in [5.74, 6) is 1.04. The smallest absolute Gasteiger partial charge is 0.228 e. The van der Waals surface area contributed by atoms with E-state index in [4.69, 9.17) is 4.52 Å². The molecule has 1 heterocycles. The van der Waals surface area contributed by atoms with E-state index < -0.39 is 0 Å². The third-order valence-corrected chi connectivity index (χ3v) is 3.97. The number of halogens is 1. The lowest BCUT2D eigenvalue weighted by atomic mass is 10.2. The number of carbonyl (C=O) groups is 1. The zero-order valence-corrected chi connectivity index (χ0v) is 13.3. The molecule has 1 aliphatic rings. The van der Waals surface area contributed by atoms with E-state index in [0.717, 1.165) is 12.8 Å². The topological polar surface area (TPSA) is 59.2 Å². The minimum atomic E-state index is -0.302. The molecule has 1 fully saturated rings. The quantitative estimate of drug-likeness (QED) is 0.821. The minimum Gasteiger partial charge on any atom is -0.340 e. The molecule has 1 aliphatic carbocycles. The van der Waals surface area contributed by atoms with Gasteiger partial charge >= 0.3 is 0 Å². The predicted molar refractivity (Wildman–Crippen MR) is 83.0 cm³/mol. The summed E-state index contributed by atoms with van der Waals surface area (Å²) >= 11 is 0. The maximum absolute atomic E-state index is 12.9. The lowest BCUT2D eigenvalue weighted by Gasteiger charge is -2.26. The highest BCUT2D eigenvalue weighted by Crippen LogP contribution is 2.31.